The van der Waals surface area contributed by atoms with Gasteiger partial charge in [-0.15, -0.1) is 11.3 Å². The highest BCUT2D eigenvalue weighted by Gasteiger charge is 2.29. The van der Waals surface area contributed by atoms with Gasteiger partial charge in [0.25, 0.3) is 0 Å². The molecule has 144 valence electrons. The molecule has 0 N–H and O–H groups in total. The number of amides is 1. The third kappa shape index (κ3) is 3.26. The van der Waals surface area contributed by atoms with Crippen molar-refractivity contribution in [3.8, 4) is 11.1 Å². The molecule has 6 heteroatoms. The maximum Gasteiger partial charge on any atom is 0.222 e. The zero-order chi connectivity index (χ0) is 19.1. The van der Waals surface area contributed by atoms with Crippen molar-refractivity contribution in [2.45, 2.75) is 31.6 Å². The maximum atomic E-state index is 12.0. The number of likely N-dealkylation sites (tertiary alicyclic amines) is 1. The summed E-state index contributed by atoms with van der Waals surface area (Å²) in [5.74, 6) is 2.77. The van der Waals surface area contributed by atoms with Gasteiger partial charge in [0.05, 0.1) is 5.39 Å². The van der Waals surface area contributed by atoms with Crippen LogP contribution in [0.1, 0.15) is 37.4 Å². The van der Waals surface area contributed by atoms with Gasteiger partial charge in [0.1, 0.15) is 16.5 Å². The highest BCUT2D eigenvalue weighted by molar-refractivity contribution is 7.17. The lowest BCUT2D eigenvalue weighted by molar-refractivity contribution is -0.127. The first-order chi connectivity index (χ1) is 13.7. The average molecular weight is 393 g/mol. The first-order valence-corrected chi connectivity index (χ1v) is 10.9. The summed E-state index contributed by atoms with van der Waals surface area (Å²) in [6.45, 7) is 2.42. The van der Waals surface area contributed by atoms with E-state index in [-0.39, 0.29) is 5.91 Å². The Balaban J connectivity index is 1.53. The minimum atomic E-state index is 0.278. The highest BCUT2D eigenvalue weighted by Crippen LogP contribution is 2.43. The van der Waals surface area contributed by atoms with Gasteiger partial charge in [0.2, 0.25) is 5.91 Å². The second-order valence-corrected chi connectivity index (χ2v) is 8.64. The van der Waals surface area contributed by atoms with E-state index >= 15 is 0 Å². The number of carbonyl (C=O) groups excluding carboxylic acids is 1. The Kier molecular flexibility index (Phi) is 4.51. The first kappa shape index (κ1) is 17.6. The molecular weight excluding hydrogens is 368 g/mol. The van der Waals surface area contributed by atoms with Gasteiger partial charge >= 0.3 is 0 Å². The van der Waals surface area contributed by atoms with Crippen LogP contribution in [0.25, 0.3) is 21.3 Å². The summed E-state index contributed by atoms with van der Waals surface area (Å²) in [5, 5.41) is 3.34. The number of aromatic nitrogens is 2. The van der Waals surface area contributed by atoms with Gasteiger partial charge < -0.3 is 9.80 Å². The Morgan fingerprint density at radius 1 is 1.21 bits per heavy atom. The second-order valence-electron chi connectivity index (χ2n) is 7.78. The van der Waals surface area contributed by atoms with Crippen LogP contribution in [-0.2, 0) is 4.79 Å². The van der Waals surface area contributed by atoms with E-state index in [1.54, 1.807) is 11.3 Å². The van der Waals surface area contributed by atoms with E-state index in [0.717, 1.165) is 47.9 Å². The van der Waals surface area contributed by atoms with Crippen molar-refractivity contribution in [3.63, 3.8) is 0 Å². The number of fused-ring (bicyclic) bond motifs is 1. The predicted molar refractivity (Wildman–Crippen MR) is 114 cm³/mol. The Hall–Kier alpha value is -2.47. The predicted octanol–water partition coefficient (Wildman–Crippen LogP) is 4.29. The van der Waals surface area contributed by atoms with Crippen LogP contribution in [0.3, 0.4) is 0 Å². The summed E-state index contributed by atoms with van der Waals surface area (Å²) < 4.78 is 0. The molecule has 1 aromatic carbocycles. The topological polar surface area (TPSA) is 49.3 Å². The number of rotatable bonds is 6. The molecule has 1 aliphatic heterocycles. The summed E-state index contributed by atoms with van der Waals surface area (Å²) in [6.07, 6.45) is 4.05. The van der Waals surface area contributed by atoms with Crippen LogP contribution in [0.4, 0.5) is 5.82 Å². The quantitative estimate of drug-likeness (QED) is 0.628. The van der Waals surface area contributed by atoms with E-state index in [9.17, 15) is 4.79 Å². The molecule has 3 aromatic rings. The van der Waals surface area contributed by atoms with Gasteiger partial charge in [0.15, 0.2) is 0 Å². The van der Waals surface area contributed by atoms with Crippen LogP contribution in [0, 0.1) is 0 Å². The van der Waals surface area contributed by atoms with Crippen molar-refractivity contribution < 1.29 is 4.79 Å². The Morgan fingerprint density at radius 2 is 2.04 bits per heavy atom. The lowest BCUT2D eigenvalue weighted by atomic mass is 10.1. The molecule has 1 saturated heterocycles. The fraction of sp³-hybridized carbons (Fsp3) is 0.409. The largest absolute Gasteiger partial charge is 0.357 e. The Labute approximate surface area is 169 Å². The molecule has 2 fully saturated rings. The number of anilines is 1. The van der Waals surface area contributed by atoms with Crippen molar-refractivity contribution in [2.24, 2.45) is 0 Å². The molecule has 2 aromatic heterocycles. The third-order valence-corrected chi connectivity index (χ3v) is 6.57. The maximum absolute atomic E-state index is 12.0. The van der Waals surface area contributed by atoms with Crippen LogP contribution in [0.5, 0.6) is 0 Å². The molecule has 2 aliphatic rings. The standard InChI is InChI=1S/C22H24N4OS/c1-25(12-13-26-11-5-8-18(26)27)21-19-17(15-6-3-2-4-7-15)14-28-22(19)24-20(23-21)16-9-10-16/h2-4,6-7,14,16H,5,8-13H2,1H3. The molecule has 3 heterocycles. The van der Waals surface area contributed by atoms with Gasteiger partial charge in [-0.1, -0.05) is 30.3 Å². The average Bonchev–Trinajstić information content (AvgIpc) is 3.36. The smallest absolute Gasteiger partial charge is 0.222 e. The molecular formula is C22H24N4OS. The molecule has 1 amide bonds. The summed E-state index contributed by atoms with van der Waals surface area (Å²) in [6, 6.07) is 10.5. The Morgan fingerprint density at radius 3 is 2.75 bits per heavy atom. The van der Waals surface area contributed by atoms with Gasteiger partial charge in [-0.3, -0.25) is 4.79 Å². The van der Waals surface area contributed by atoms with Crippen molar-refractivity contribution in [1.29, 1.82) is 0 Å². The first-order valence-electron chi connectivity index (χ1n) is 10.0. The molecule has 0 atom stereocenters. The van der Waals surface area contributed by atoms with Gasteiger partial charge in [-0.25, -0.2) is 9.97 Å². The lowest BCUT2D eigenvalue weighted by Crippen LogP contribution is -2.34. The van der Waals surface area contributed by atoms with Crippen LogP contribution < -0.4 is 4.90 Å². The minimum absolute atomic E-state index is 0.278. The molecule has 0 bridgehead atoms. The summed E-state index contributed by atoms with van der Waals surface area (Å²) in [4.78, 5) is 27.1. The number of hydrogen-bond acceptors (Lipinski definition) is 5. The lowest BCUT2D eigenvalue weighted by Gasteiger charge is -2.24. The van der Waals surface area contributed by atoms with E-state index < -0.39 is 0 Å². The third-order valence-electron chi connectivity index (χ3n) is 5.70. The summed E-state index contributed by atoms with van der Waals surface area (Å²) in [7, 11) is 2.09. The van der Waals surface area contributed by atoms with Crippen LogP contribution in [0.15, 0.2) is 35.7 Å². The number of likely N-dealkylation sites (N-methyl/N-ethyl adjacent to an activating group) is 1. The molecule has 0 unspecified atom stereocenters. The molecule has 1 aliphatic carbocycles. The summed E-state index contributed by atoms with van der Waals surface area (Å²) in [5.41, 5.74) is 2.39. The molecule has 0 radical (unpaired) electrons. The molecule has 5 nitrogen and oxygen atoms in total. The van der Waals surface area contributed by atoms with Crippen LogP contribution in [0.2, 0.25) is 0 Å². The molecule has 1 saturated carbocycles. The molecule has 0 spiro atoms. The van der Waals surface area contributed by atoms with Gasteiger partial charge in [-0.05, 0) is 24.8 Å². The number of thiophene rings is 1. The monoisotopic (exact) mass is 392 g/mol. The fourth-order valence-corrected chi connectivity index (χ4v) is 4.84. The highest BCUT2D eigenvalue weighted by atomic mass is 32.1. The van der Waals surface area contributed by atoms with Crippen LogP contribution >= 0.6 is 11.3 Å². The fourth-order valence-electron chi connectivity index (χ4n) is 3.89. The SMILES string of the molecule is CN(CCN1CCCC1=O)c1nc(C2CC2)nc2scc(-c3ccccc3)c12. The number of carbonyl (C=O) groups is 1. The van der Waals surface area contributed by atoms with E-state index in [1.165, 1.54) is 24.0 Å². The second kappa shape index (κ2) is 7.17. The number of hydrogen-bond donors (Lipinski definition) is 0. The van der Waals surface area contributed by atoms with Crippen molar-refractivity contribution in [3.05, 3.63) is 41.5 Å². The molecule has 28 heavy (non-hydrogen) atoms. The number of benzene rings is 1. The van der Waals surface area contributed by atoms with Crippen molar-refractivity contribution in [2.75, 3.05) is 31.6 Å². The van der Waals surface area contributed by atoms with Crippen LogP contribution in [-0.4, -0.2) is 47.5 Å². The summed E-state index contributed by atoms with van der Waals surface area (Å²) >= 11 is 1.70. The number of nitrogens with zero attached hydrogens (tertiary/aromatic N) is 4. The molecule has 5 rings (SSSR count). The normalized spacial score (nSPS) is 16.9. The van der Waals surface area contributed by atoms with Crippen molar-refractivity contribution in [1.82, 2.24) is 14.9 Å². The zero-order valence-electron chi connectivity index (χ0n) is 16.1. The van der Waals surface area contributed by atoms with E-state index in [0.29, 0.717) is 12.3 Å². The van der Waals surface area contributed by atoms with E-state index in [4.69, 9.17) is 9.97 Å². The van der Waals surface area contributed by atoms with E-state index in [1.807, 2.05) is 11.0 Å². The van der Waals surface area contributed by atoms with E-state index in [2.05, 4.69) is 41.6 Å². The van der Waals surface area contributed by atoms with Gasteiger partial charge in [0, 0.05) is 50.0 Å². The van der Waals surface area contributed by atoms with Gasteiger partial charge in [-0.2, -0.15) is 0 Å². The minimum Gasteiger partial charge on any atom is -0.357 e. The Bertz CT molecular complexity index is 1010. The van der Waals surface area contributed by atoms with Crippen molar-refractivity contribution >= 4 is 33.3 Å². The zero-order valence-corrected chi connectivity index (χ0v) is 16.9.